The summed E-state index contributed by atoms with van der Waals surface area (Å²) in [6.07, 6.45) is 0. The summed E-state index contributed by atoms with van der Waals surface area (Å²) in [7, 11) is 1.67. The summed E-state index contributed by atoms with van der Waals surface area (Å²) in [6.45, 7) is 7.07. The Morgan fingerprint density at radius 2 is 2.11 bits per heavy atom. The van der Waals surface area contributed by atoms with E-state index in [1.807, 2.05) is 12.1 Å². The predicted molar refractivity (Wildman–Crippen MR) is 77.2 cm³/mol. The molecule has 0 radical (unpaired) electrons. The van der Waals surface area contributed by atoms with Crippen LogP contribution >= 0.6 is 15.9 Å². The fraction of sp³-hybridized carbons (Fsp3) is 0.429. The van der Waals surface area contributed by atoms with Crippen LogP contribution in [-0.4, -0.2) is 13.2 Å². The fourth-order valence-electron chi connectivity index (χ4n) is 1.88. The molecule has 0 aliphatic heterocycles. The molecule has 0 bridgehead atoms. The van der Waals surface area contributed by atoms with Crippen molar-refractivity contribution in [3.8, 4) is 5.75 Å². The van der Waals surface area contributed by atoms with Crippen LogP contribution in [0.2, 0.25) is 0 Å². The van der Waals surface area contributed by atoms with Crippen molar-refractivity contribution in [2.75, 3.05) is 7.11 Å². The van der Waals surface area contributed by atoms with E-state index in [2.05, 4.69) is 42.0 Å². The highest BCUT2D eigenvalue weighted by Gasteiger charge is 2.14. The average Bonchev–Trinajstić information content (AvgIpc) is 2.65. The SMILES string of the molecule is COc1cc(Br)c2oc(CNC(C)C)c(C)c2c1. The summed E-state index contributed by atoms with van der Waals surface area (Å²) < 4.78 is 12.1. The van der Waals surface area contributed by atoms with E-state index >= 15 is 0 Å². The first-order valence-electron chi connectivity index (χ1n) is 6.01. The van der Waals surface area contributed by atoms with E-state index in [0.717, 1.165) is 39.1 Å². The third-order valence-electron chi connectivity index (χ3n) is 2.97. The van der Waals surface area contributed by atoms with Gasteiger partial charge in [0.05, 0.1) is 18.1 Å². The summed E-state index contributed by atoms with van der Waals surface area (Å²) in [5.74, 6) is 1.81. The molecule has 4 heteroatoms. The van der Waals surface area contributed by atoms with E-state index in [1.165, 1.54) is 0 Å². The number of nitrogens with one attached hydrogen (secondary N) is 1. The molecule has 1 heterocycles. The van der Waals surface area contributed by atoms with Crippen LogP contribution in [0.3, 0.4) is 0 Å². The molecule has 1 aromatic carbocycles. The first kappa shape index (κ1) is 13.4. The van der Waals surface area contributed by atoms with Crippen LogP contribution in [0, 0.1) is 6.92 Å². The number of hydrogen-bond acceptors (Lipinski definition) is 3. The summed E-state index contributed by atoms with van der Waals surface area (Å²) in [5, 5.41) is 4.47. The van der Waals surface area contributed by atoms with Gasteiger partial charge in [0.25, 0.3) is 0 Å². The highest BCUT2D eigenvalue weighted by atomic mass is 79.9. The van der Waals surface area contributed by atoms with Crippen LogP contribution in [0.15, 0.2) is 21.0 Å². The number of halogens is 1. The molecular weight excluding hydrogens is 294 g/mol. The van der Waals surface area contributed by atoms with Crippen LogP contribution in [0.1, 0.15) is 25.2 Å². The molecule has 0 amide bonds. The van der Waals surface area contributed by atoms with E-state index in [4.69, 9.17) is 9.15 Å². The normalized spacial score (nSPS) is 11.4. The monoisotopic (exact) mass is 311 g/mol. The van der Waals surface area contributed by atoms with Gasteiger partial charge in [-0.25, -0.2) is 0 Å². The molecule has 2 aromatic rings. The second-order valence-electron chi connectivity index (χ2n) is 4.67. The van der Waals surface area contributed by atoms with E-state index in [-0.39, 0.29) is 0 Å². The number of rotatable bonds is 4. The Kier molecular flexibility index (Phi) is 3.97. The Labute approximate surface area is 116 Å². The molecule has 0 aliphatic carbocycles. The Morgan fingerprint density at radius 1 is 1.39 bits per heavy atom. The molecule has 0 saturated heterocycles. The van der Waals surface area contributed by atoms with Crippen molar-refractivity contribution in [1.82, 2.24) is 5.32 Å². The molecule has 1 N–H and O–H groups in total. The Balaban J connectivity index is 2.45. The zero-order chi connectivity index (χ0) is 13.3. The zero-order valence-corrected chi connectivity index (χ0v) is 12.7. The molecule has 2 rings (SSSR count). The van der Waals surface area contributed by atoms with Crippen molar-refractivity contribution in [3.63, 3.8) is 0 Å². The molecule has 0 atom stereocenters. The van der Waals surface area contributed by atoms with Gasteiger partial charge in [0.15, 0.2) is 0 Å². The molecule has 0 unspecified atom stereocenters. The zero-order valence-electron chi connectivity index (χ0n) is 11.1. The minimum atomic E-state index is 0.440. The maximum absolute atomic E-state index is 5.91. The second-order valence-corrected chi connectivity index (χ2v) is 5.53. The number of aryl methyl sites for hydroxylation is 1. The van der Waals surface area contributed by atoms with Crippen molar-refractivity contribution < 1.29 is 9.15 Å². The maximum atomic E-state index is 5.91. The quantitative estimate of drug-likeness (QED) is 0.926. The lowest BCUT2D eigenvalue weighted by Crippen LogP contribution is -2.21. The average molecular weight is 312 g/mol. The van der Waals surface area contributed by atoms with Crippen molar-refractivity contribution in [2.45, 2.75) is 33.4 Å². The van der Waals surface area contributed by atoms with Crippen molar-refractivity contribution in [3.05, 3.63) is 27.9 Å². The summed E-state index contributed by atoms with van der Waals surface area (Å²) in [4.78, 5) is 0. The third-order valence-corrected chi connectivity index (χ3v) is 3.56. The molecular formula is C14H18BrNO2. The number of hydrogen-bond donors (Lipinski definition) is 1. The van der Waals surface area contributed by atoms with Gasteiger partial charge in [0, 0.05) is 11.4 Å². The highest BCUT2D eigenvalue weighted by Crippen LogP contribution is 2.34. The lowest BCUT2D eigenvalue weighted by molar-refractivity contribution is 0.415. The predicted octanol–water partition coefficient (Wildman–Crippen LogP) is 4.01. The number of benzene rings is 1. The van der Waals surface area contributed by atoms with Crippen molar-refractivity contribution in [2.24, 2.45) is 0 Å². The molecule has 3 nitrogen and oxygen atoms in total. The van der Waals surface area contributed by atoms with Gasteiger partial charge in [0.1, 0.15) is 17.1 Å². The topological polar surface area (TPSA) is 34.4 Å². The maximum Gasteiger partial charge on any atom is 0.149 e. The fourth-order valence-corrected chi connectivity index (χ4v) is 2.40. The van der Waals surface area contributed by atoms with E-state index in [9.17, 15) is 0 Å². The van der Waals surface area contributed by atoms with E-state index < -0.39 is 0 Å². The van der Waals surface area contributed by atoms with Gasteiger partial charge in [-0.2, -0.15) is 0 Å². The number of fused-ring (bicyclic) bond motifs is 1. The van der Waals surface area contributed by atoms with Crippen LogP contribution < -0.4 is 10.1 Å². The first-order valence-corrected chi connectivity index (χ1v) is 6.81. The van der Waals surface area contributed by atoms with Crippen molar-refractivity contribution in [1.29, 1.82) is 0 Å². The lowest BCUT2D eigenvalue weighted by Gasteiger charge is -2.05. The van der Waals surface area contributed by atoms with Crippen LogP contribution in [0.25, 0.3) is 11.0 Å². The Morgan fingerprint density at radius 3 is 2.72 bits per heavy atom. The van der Waals surface area contributed by atoms with Gasteiger partial charge < -0.3 is 14.5 Å². The minimum Gasteiger partial charge on any atom is -0.497 e. The largest absolute Gasteiger partial charge is 0.497 e. The highest BCUT2D eigenvalue weighted by molar-refractivity contribution is 9.10. The van der Waals surface area contributed by atoms with Crippen LogP contribution in [0.4, 0.5) is 0 Å². The standard InChI is InChI=1S/C14H18BrNO2/c1-8(2)16-7-13-9(3)11-5-10(17-4)6-12(15)14(11)18-13/h5-6,8,16H,7H2,1-4H3. The van der Waals surface area contributed by atoms with Crippen LogP contribution in [0.5, 0.6) is 5.75 Å². The molecule has 0 aliphatic rings. The third kappa shape index (κ3) is 2.54. The summed E-state index contributed by atoms with van der Waals surface area (Å²) in [6, 6.07) is 4.37. The van der Waals surface area contributed by atoms with E-state index in [1.54, 1.807) is 7.11 Å². The molecule has 98 valence electrons. The lowest BCUT2D eigenvalue weighted by atomic mass is 10.1. The van der Waals surface area contributed by atoms with Gasteiger partial charge in [-0.3, -0.25) is 0 Å². The molecule has 0 spiro atoms. The molecule has 0 fully saturated rings. The Hall–Kier alpha value is -1.00. The molecule has 18 heavy (non-hydrogen) atoms. The van der Waals surface area contributed by atoms with Crippen molar-refractivity contribution >= 4 is 26.9 Å². The summed E-state index contributed by atoms with van der Waals surface area (Å²) >= 11 is 3.52. The molecule has 1 aromatic heterocycles. The first-order chi connectivity index (χ1) is 8.52. The minimum absolute atomic E-state index is 0.440. The number of methoxy groups -OCH3 is 1. The number of ether oxygens (including phenoxy) is 1. The summed E-state index contributed by atoms with van der Waals surface area (Å²) in [5.41, 5.74) is 2.05. The second kappa shape index (κ2) is 5.33. The van der Waals surface area contributed by atoms with Gasteiger partial charge in [-0.05, 0) is 40.5 Å². The van der Waals surface area contributed by atoms with Gasteiger partial charge in [-0.1, -0.05) is 13.8 Å². The molecule has 0 saturated carbocycles. The van der Waals surface area contributed by atoms with Gasteiger partial charge >= 0.3 is 0 Å². The van der Waals surface area contributed by atoms with Gasteiger partial charge in [0.2, 0.25) is 0 Å². The number of furan rings is 1. The smallest absolute Gasteiger partial charge is 0.149 e. The van der Waals surface area contributed by atoms with E-state index in [0.29, 0.717) is 6.04 Å². The van der Waals surface area contributed by atoms with Gasteiger partial charge in [-0.15, -0.1) is 0 Å². The Bertz CT molecular complexity index is 560. The van der Waals surface area contributed by atoms with Crippen LogP contribution in [-0.2, 0) is 6.54 Å².